The number of rotatable bonds is 4. The monoisotopic (exact) mass is 258 g/mol. The van der Waals surface area contributed by atoms with Gasteiger partial charge < -0.3 is 5.73 Å². The van der Waals surface area contributed by atoms with E-state index in [1.165, 1.54) is 4.90 Å². The smallest absolute Gasteiger partial charge is 0.101 e. The number of benzene rings is 1. The molecule has 0 saturated carbocycles. The third-order valence-electron chi connectivity index (χ3n) is 2.91. The van der Waals surface area contributed by atoms with Crippen LogP contribution in [-0.2, 0) is 0 Å². The van der Waals surface area contributed by atoms with Gasteiger partial charge in [0.1, 0.15) is 5.03 Å². The van der Waals surface area contributed by atoms with Gasteiger partial charge >= 0.3 is 0 Å². The third-order valence-corrected chi connectivity index (χ3v) is 3.85. The van der Waals surface area contributed by atoms with Crippen LogP contribution in [0.25, 0.3) is 0 Å². The van der Waals surface area contributed by atoms with Gasteiger partial charge in [-0.1, -0.05) is 43.0 Å². The lowest BCUT2D eigenvalue weighted by Gasteiger charge is -2.12. The lowest BCUT2D eigenvalue weighted by molar-refractivity contribution is 0.686. The van der Waals surface area contributed by atoms with Gasteiger partial charge in [-0.15, -0.1) is 0 Å². The summed E-state index contributed by atoms with van der Waals surface area (Å²) in [6.45, 7) is 4.12. The second kappa shape index (κ2) is 6.03. The Labute approximate surface area is 113 Å². The van der Waals surface area contributed by atoms with Crippen molar-refractivity contribution in [1.29, 1.82) is 0 Å². The maximum absolute atomic E-state index is 6.05. The van der Waals surface area contributed by atoms with Crippen molar-refractivity contribution in [2.24, 2.45) is 5.73 Å². The average Bonchev–Trinajstić information content (AvgIpc) is 2.39. The standard InChI is InChI=1S/C15H18N2S/c1-3-14(16)13-9-10-15(17-11(13)2)18-12-7-5-4-6-8-12/h4-10,14H,3,16H2,1-2H3/t14-/m1/s1. The largest absolute Gasteiger partial charge is 0.324 e. The lowest BCUT2D eigenvalue weighted by Crippen LogP contribution is -2.11. The predicted molar refractivity (Wildman–Crippen MR) is 76.8 cm³/mol. The Balaban J connectivity index is 2.19. The van der Waals surface area contributed by atoms with Crippen molar-refractivity contribution >= 4 is 11.8 Å². The molecular formula is C15H18N2S. The molecule has 0 bridgehead atoms. The zero-order valence-corrected chi connectivity index (χ0v) is 11.6. The summed E-state index contributed by atoms with van der Waals surface area (Å²) < 4.78 is 0. The highest BCUT2D eigenvalue weighted by molar-refractivity contribution is 7.99. The minimum Gasteiger partial charge on any atom is -0.324 e. The van der Waals surface area contributed by atoms with Gasteiger partial charge in [0.2, 0.25) is 0 Å². The van der Waals surface area contributed by atoms with Crippen molar-refractivity contribution in [1.82, 2.24) is 4.98 Å². The average molecular weight is 258 g/mol. The van der Waals surface area contributed by atoms with E-state index >= 15 is 0 Å². The number of pyridine rings is 1. The zero-order valence-electron chi connectivity index (χ0n) is 10.8. The molecule has 2 aromatic rings. The van der Waals surface area contributed by atoms with Crippen LogP contribution in [0.15, 0.2) is 52.4 Å². The summed E-state index contributed by atoms with van der Waals surface area (Å²) in [5.41, 5.74) is 8.23. The van der Waals surface area contributed by atoms with Crippen molar-refractivity contribution < 1.29 is 0 Å². The molecule has 18 heavy (non-hydrogen) atoms. The molecular weight excluding hydrogens is 240 g/mol. The molecule has 3 heteroatoms. The lowest BCUT2D eigenvalue weighted by atomic mass is 10.0. The molecule has 0 spiro atoms. The summed E-state index contributed by atoms with van der Waals surface area (Å²) >= 11 is 1.68. The fourth-order valence-corrected chi connectivity index (χ4v) is 2.68. The van der Waals surface area contributed by atoms with Crippen LogP contribution < -0.4 is 5.73 Å². The van der Waals surface area contributed by atoms with Gasteiger partial charge in [0.15, 0.2) is 0 Å². The molecule has 1 atom stereocenters. The zero-order chi connectivity index (χ0) is 13.0. The van der Waals surface area contributed by atoms with E-state index in [0.717, 1.165) is 22.7 Å². The van der Waals surface area contributed by atoms with Crippen LogP contribution in [0.4, 0.5) is 0 Å². The molecule has 0 aliphatic carbocycles. The Kier molecular flexibility index (Phi) is 4.39. The van der Waals surface area contributed by atoms with Crippen molar-refractivity contribution in [2.75, 3.05) is 0 Å². The van der Waals surface area contributed by atoms with Crippen LogP contribution >= 0.6 is 11.8 Å². The SMILES string of the molecule is CC[C@@H](N)c1ccc(Sc2ccccc2)nc1C. The van der Waals surface area contributed by atoms with Crippen LogP contribution in [-0.4, -0.2) is 4.98 Å². The molecule has 0 aliphatic heterocycles. The highest BCUT2D eigenvalue weighted by atomic mass is 32.2. The number of aryl methyl sites for hydroxylation is 1. The first kappa shape index (κ1) is 13.1. The van der Waals surface area contributed by atoms with Crippen LogP contribution in [0.5, 0.6) is 0 Å². The Morgan fingerprint density at radius 2 is 1.89 bits per heavy atom. The van der Waals surface area contributed by atoms with Gasteiger partial charge in [-0.25, -0.2) is 4.98 Å². The minimum absolute atomic E-state index is 0.0910. The number of nitrogens with two attached hydrogens (primary N) is 1. The van der Waals surface area contributed by atoms with E-state index in [2.05, 4.69) is 36.2 Å². The first-order chi connectivity index (χ1) is 8.70. The maximum atomic E-state index is 6.05. The van der Waals surface area contributed by atoms with Gasteiger partial charge in [-0.05, 0) is 37.1 Å². The van der Waals surface area contributed by atoms with E-state index in [1.54, 1.807) is 11.8 Å². The van der Waals surface area contributed by atoms with Crippen LogP contribution in [0, 0.1) is 6.92 Å². The van der Waals surface area contributed by atoms with Gasteiger partial charge in [-0.3, -0.25) is 0 Å². The van der Waals surface area contributed by atoms with Crippen LogP contribution in [0.1, 0.15) is 30.6 Å². The van der Waals surface area contributed by atoms with E-state index in [9.17, 15) is 0 Å². The molecule has 1 heterocycles. The molecule has 2 N–H and O–H groups in total. The molecule has 0 amide bonds. The van der Waals surface area contributed by atoms with Crippen LogP contribution in [0.2, 0.25) is 0 Å². The van der Waals surface area contributed by atoms with E-state index in [1.807, 2.05) is 25.1 Å². The molecule has 0 fully saturated rings. The van der Waals surface area contributed by atoms with E-state index < -0.39 is 0 Å². The maximum Gasteiger partial charge on any atom is 0.101 e. The molecule has 0 radical (unpaired) electrons. The molecule has 0 unspecified atom stereocenters. The van der Waals surface area contributed by atoms with Gasteiger partial charge in [-0.2, -0.15) is 0 Å². The summed E-state index contributed by atoms with van der Waals surface area (Å²) in [6.07, 6.45) is 0.938. The number of nitrogens with zero attached hydrogens (tertiary/aromatic N) is 1. The van der Waals surface area contributed by atoms with Gasteiger partial charge in [0, 0.05) is 16.6 Å². The summed E-state index contributed by atoms with van der Waals surface area (Å²) in [5, 5.41) is 1.02. The fraction of sp³-hybridized carbons (Fsp3) is 0.267. The highest BCUT2D eigenvalue weighted by Gasteiger charge is 2.09. The molecule has 2 nitrogen and oxygen atoms in total. The number of hydrogen-bond donors (Lipinski definition) is 1. The quantitative estimate of drug-likeness (QED) is 0.902. The molecule has 0 aliphatic rings. The molecule has 1 aromatic heterocycles. The molecule has 1 aromatic carbocycles. The van der Waals surface area contributed by atoms with Crippen molar-refractivity contribution in [3.63, 3.8) is 0 Å². The fourth-order valence-electron chi connectivity index (χ4n) is 1.83. The second-order valence-corrected chi connectivity index (χ2v) is 5.35. The second-order valence-electron chi connectivity index (χ2n) is 4.25. The number of hydrogen-bond acceptors (Lipinski definition) is 3. The van der Waals surface area contributed by atoms with Crippen molar-refractivity contribution in [3.8, 4) is 0 Å². The Bertz CT molecular complexity index is 511. The molecule has 94 valence electrons. The summed E-state index contributed by atoms with van der Waals surface area (Å²) in [4.78, 5) is 5.83. The van der Waals surface area contributed by atoms with Gasteiger partial charge in [0.25, 0.3) is 0 Å². The first-order valence-electron chi connectivity index (χ1n) is 6.16. The summed E-state index contributed by atoms with van der Waals surface area (Å²) in [6, 6.07) is 14.5. The Morgan fingerprint density at radius 1 is 1.17 bits per heavy atom. The summed E-state index contributed by atoms with van der Waals surface area (Å²) in [7, 11) is 0. The predicted octanol–water partition coefficient (Wildman–Crippen LogP) is 3.95. The van der Waals surface area contributed by atoms with Crippen molar-refractivity contribution in [3.05, 3.63) is 53.7 Å². The van der Waals surface area contributed by atoms with Crippen LogP contribution in [0.3, 0.4) is 0 Å². The number of aromatic nitrogens is 1. The van der Waals surface area contributed by atoms with E-state index in [0.29, 0.717) is 0 Å². The topological polar surface area (TPSA) is 38.9 Å². The van der Waals surface area contributed by atoms with Gasteiger partial charge in [0.05, 0.1) is 0 Å². The Morgan fingerprint density at radius 3 is 2.50 bits per heavy atom. The normalized spacial score (nSPS) is 12.4. The molecule has 2 rings (SSSR count). The summed E-state index contributed by atoms with van der Waals surface area (Å²) in [5.74, 6) is 0. The Hall–Kier alpha value is -1.32. The van der Waals surface area contributed by atoms with Crippen molar-refractivity contribution in [2.45, 2.75) is 36.2 Å². The molecule has 0 saturated heterocycles. The van der Waals surface area contributed by atoms with E-state index in [4.69, 9.17) is 5.73 Å². The van der Waals surface area contributed by atoms with E-state index in [-0.39, 0.29) is 6.04 Å². The third kappa shape index (κ3) is 3.12. The first-order valence-corrected chi connectivity index (χ1v) is 6.98. The minimum atomic E-state index is 0.0910. The highest BCUT2D eigenvalue weighted by Crippen LogP contribution is 2.27.